The highest BCUT2D eigenvalue weighted by Gasteiger charge is 2.34. The lowest BCUT2D eigenvalue weighted by Crippen LogP contribution is -2.47. The van der Waals surface area contributed by atoms with E-state index in [2.05, 4.69) is 42.3 Å². The summed E-state index contributed by atoms with van der Waals surface area (Å²) in [5.74, 6) is 0. The van der Waals surface area contributed by atoms with Crippen LogP contribution in [0.25, 0.3) is 0 Å². The number of benzene rings is 1. The fourth-order valence-corrected chi connectivity index (χ4v) is 2.46. The van der Waals surface area contributed by atoms with Crippen LogP contribution in [0.4, 0.5) is 5.69 Å². The average Bonchev–Trinajstić information content (AvgIpc) is 2.30. The molecule has 0 saturated carbocycles. The van der Waals surface area contributed by atoms with Crippen LogP contribution in [0, 0.1) is 0 Å². The van der Waals surface area contributed by atoms with Crippen molar-refractivity contribution >= 4 is 5.69 Å². The number of rotatable bonds is 1. The molecule has 2 atom stereocenters. The second-order valence-electron chi connectivity index (χ2n) is 4.31. The van der Waals surface area contributed by atoms with Crippen molar-refractivity contribution in [3.05, 3.63) is 42.0 Å². The van der Waals surface area contributed by atoms with Crippen molar-refractivity contribution in [3.63, 3.8) is 0 Å². The van der Waals surface area contributed by atoms with Crippen molar-refractivity contribution in [2.75, 3.05) is 5.06 Å². The van der Waals surface area contributed by atoms with Crippen LogP contribution in [-0.2, 0) is 4.84 Å². The number of hydrogen-bond donors (Lipinski definition) is 0. The van der Waals surface area contributed by atoms with Crippen LogP contribution in [0.2, 0.25) is 0 Å². The molecule has 1 aromatic carbocycles. The number of nitrogens with zero attached hydrogens (tertiary/aromatic N) is 1. The quantitative estimate of drug-likeness (QED) is 0.648. The molecule has 1 saturated heterocycles. The molecule has 3 aliphatic rings. The molecule has 2 heterocycles. The van der Waals surface area contributed by atoms with Gasteiger partial charge in [-0.15, -0.1) is 0 Å². The van der Waals surface area contributed by atoms with Gasteiger partial charge in [0.2, 0.25) is 0 Å². The Hall–Kier alpha value is -1.28. The molecule has 0 aromatic heterocycles. The highest BCUT2D eigenvalue weighted by Crippen LogP contribution is 2.35. The van der Waals surface area contributed by atoms with Crippen LogP contribution >= 0.6 is 0 Å². The first-order valence-electron chi connectivity index (χ1n) is 5.54. The van der Waals surface area contributed by atoms with E-state index in [1.165, 1.54) is 17.7 Å². The van der Waals surface area contributed by atoms with Gasteiger partial charge < -0.3 is 0 Å². The third kappa shape index (κ3) is 1.45. The number of fused-ring (bicyclic) bond motifs is 2. The maximum absolute atomic E-state index is 5.90. The molecule has 2 aliphatic heterocycles. The Bertz CT molecular complexity index is 385. The lowest BCUT2D eigenvalue weighted by atomic mass is 9.91. The first-order chi connectivity index (χ1) is 7.34. The Labute approximate surface area is 90.1 Å². The van der Waals surface area contributed by atoms with Crippen molar-refractivity contribution in [1.82, 2.24) is 0 Å². The van der Waals surface area contributed by atoms with E-state index < -0.39 is 0 Å². The van der Waals surface area contributed by atoms with Crippen molar-refractivity contribution in [2.45, 2.75) is 31.9 Å². The molecule has 0 unspecified atom stereocenters. The Kier molecular flexibility index (Phi) is 2.03. The second kappa shape index (κ2) is 3.38. The Morgan fingerprint density at radius 3 is 2.67 bits per heavy atom. The molecular formula is C13H15NO. The molecule has 4 rings (SSSR count). The molecule has 2 bridgehead atoms. The lowest BCUT2D eigenvalue weighted by molar-refractivity contribution is -0.000664. The Morgan fingerprint density at radius 2 is 2.00 bits per heavy atom. The Balaban J connectivity index is 1.94. The minimum Gasteiger partial charge on any atom is -0.265 e. The highest BCUT2D eigenvalue weighted by atomic mass is 16.7. The van der Waals surface area contributed by atoms with Gasteiger partial charge in [0.15, 0.2) is 0 Å². The maximum Gasteiger partial charge on any atom is 0.104 e. The normalized spacial score (nSPS) is 29.1. The fourth-order valence-electron chi connectivity index (χ4n) is 2.46. The van der Waals surface area contributed by atoms with Gasteiger partial charge >= 0.3 is 0 Å². The van der Waals surface area contributed by atoms with Crippen LogP contribution in [0.3, 0.4) is 0 Å². The van der Waals surface area contributed by atoms with Gasteiger partial charge in [0, 0.05) is 0 Å². The number of hydrogen-bond acceptors (Lipinski definition) is 2. The van der Waals surface area contributed by atoms with E-state index in [0.717, 1.165) is 6.42 Å². The second-order valence-corrected chi connectivity index (χ2v) is 4.31. The van der Waals surface area contributed by atoms with Crippen molar-refractivity contribution < 1.29 is 4.84 Å². The molecule has 0 radical (unpaired) electrons. The van der Waals surface area contributed by atoms with Gasteiger partial charge in [-0.25, -0.2) is 5.06 Å². The smallest absolute Gasteiger partial charge is 0.104 e. The molecule has 1 aliphatic carbocycles. The molecule has 2 nitrogen and oxygen atoms in total. The topological polar surface area (TPSA) is 12.5 Å². The summed E-state index contributed by atoms with van der Waals surface area (Å²) in [5, 5.41) is 2.07. The first kappa shape index (κ1) is 8.98. The summed E-state index contributed by atoms with van der Waals surface area (Å²) >= 11 is 0. The van der Waals surface area contributed by atoms with Crippen LogP contribution in [0.15, 0.2) is 42.0 Å². The predicted octanol–water partition coefficient (Wildman–Crippen LogP) is 2.92. The van der Waals surface area contributed by atoms with E-state index in [0.29, 0.717) is 6.04 Å². The third-order valence-corrected chi connectivity index (χ3v) is 3.24. The third-order valence-electron chi connectivity index (χ3n) is 3.24. The number of hydroxylamine groups is 1. The number of para-hydroxylation sites is 1. The largest absolute Gasteiger partial charge is 0.265 e. The molecule has 2 heteroatoms. The molecule has 15 heavy (non-hydrogen) atoms. The van der Waals surface area contributed by atoms with Gasteiger partial charge in [-0.3, -0.25) is 4.84 Å². The van der Waals surface area contributed by atoms with Gasteiger partial charge in [0.05, 0.1) is 11.7 Å². The predicted molar refractivity (Wildman–Crippen MR) is 60.6 cm³/mol. The molecular weight excluding hydrogens is 186 g/mol. The average molecular weight is 201 g/mol. The zero-order valence-electron chi connectivity index (χ0n) is 8.89. The molecule has 0 amide bonds. The maximum atomic E-state index is 5.90. The van der Waals surface area contributed by atoms with E-state index in [-0.39, 0.29) is 6.10 Å². The lowest BCUT2D eigenvalue weighted by Gasteiger charge is -2.44. The first-order valence-corrected chi connectivity index (χ1v) is 5.54. The van der Waals surface area contributed by atoms with Crippen molar-refractivity contribution in [1.29, 1.82) is 0 Å². The zero-order chi connectivity index (χ0) is 10.3. The van der Waals surface area contributed by atoms with E-state index >= 15 is 0 Å². The van der Waals surface area contributed by atoms with E-state index in [1.54, 1.807) is 0 Å². The minimum absolute atomic E-state index is 0.287. The highest BCUT2D eigenvalue weighted by molar-refractivity contribution is 5.48. The van der Waals surface area contributed by atoms with Crippen molar-refractivity contribution in [3.8, 4) is 0 Å². The van der Waals surface area contributed by atoms with Gasteiger partial charge in [-0.1, -0.05) is 24.3 Å². The minimum atomic E-state index is 0.287. The zero-order valence-corrected chi connectivity index (χ0v) is 8.89. The molecule has 1 aromatic rings. The molecule has 78 valence electrons. The summed E-state index contributed by atoms with van der Waals surface area (Å²) in [5.41, 5.74) is 2.61. The molecule has 0 spiro atoms. The van der Waals surface area contributed by atoms with E-state index in [1.807, 2.05) is 6.07 Å². The summed E-state index contributed by atoms with van der Waals surface area (Å²) in [7, 11) is 0. The van der Waals surface area contributed by atoms with Crippen LogP contribution in [0.5, 0.6) is 0 Å². The Morgan fingerprint density at radius 1 is 1.20 bits per heavy atom. The monoisotopic (exact) mass is 201 g/mol. The summed E-state index contributed by atoms with van der Waals surface area (Å²) in [6.07, 6.45) is 4.91. The van der Waals surface area contributed by atoms with Gasteiger partial charge in [0.25, 0.3) is 0 Å². The fraction of sp³-hybridized carbons (Fsp3) is 0.385. The standard InChI is InChI=1S/C13H15NO/c1-10-9-12-7-8-13(10)14(15-12)11-5-3-2-4-6-11/h2-6,9,12-13H,7-8H2,1H3/t12-,13+/m1/s1. The van der Waals surface area contributed by atoms with Crippen LogP contribution in [-0.4, -0.2) is 12.1 Å². The van der Waals surface area contributed by atoms with E-state index in [9.17, 15) is 0 Å². The summed E-state index contributed by atoms with van der Waals surface area (Å²) < 4.78 is 0. The van der Waals surface area contributed by atoms with Gasteiger partial charge in [-0.2, -0.15) is 0 Å². The summed E-state index contributed by atoms with van der Waals surface area (Å²) in [6.45, 7) is 2.20. The van der Waals surface area contributed by atoms with Crippen molar-refractivity contribution in [2.24, 2.45) is 0 Å². The van der Waals surface area contributed by atoms with Crippen LogP contribution in [0.1, 0.15) is 19.8 Å². The van der Waals surface area contributed by atoms with Crippen LogP contribution < -0.4 is 5.06 Å². The van der Waals surface area contributed by atoms with E-state index in [4.69, 9.17) is 4.84 Å². The summed E-state index contributed by atoms with van der Waals surface area (Å²) in [4.78, 5) is 5.90. The van der Waals surface area contributed by atoms with Gasteiger partial charge in [0.1, 0.15) is 6.10 Å². The SMILES string of the molecule is CC1=C[C@H]2CC[C@@H]1N(c1ccccc1)O2. The molecule has 1 fully saturated rings. The number of anilines is 1. The summed E-state index contributed by atoms with van der Waals surface area (Å²) in [6, 6.07) is 10.8. The van der Waals surface area contributed by atoms with Gasteiger partial charge in [-0.05, 0) is 37.5 Å². The molecule has 0 N–H and O–H groups in total.